The third kappa shape index (κ3) is 1.72. The lowest BCUT2D eigenvalue weighted by Crippen LogP contribution is -2.23. The van der Waals surface area contributed by atoms with E-state index in [2.05, 4.69) is 0 Å². The highest BCUT2D eigenvalue weighted by Crippen LogP contribution is 2.36. The smallest absolute Gasteiger partial charge is 0.269 e. The first-order valence-electron chi connectivity index (χ1n) is 6.02. The molecule has 0 unspecified atom stereocenters. The summed E-state index contributed by atoms with van der Waals surface area (Å²) in [6, 6.07) is 15.5. The minimum Gasteiger partial charge on any atom is -0.304 e. The van der Waals surface area contributed by atoms with Gasteiger partial charge in [-0.05, 0) is 30.5 Å². The lowest BCUT2D eigenvalue weighted by atomic mass is 10.1. The van der Waals surface area contributed by atoms with Crippen molar-refractivity contribution < 1.29 is 0 Å². The van der Waals surface area contributed by atoms with E-state index >= 15 is 0 Å². The molecule has 3 nitrogen and oxygen atoms in total. The van der Waals surface area contributed by atoms with Gasteiger partial charge in [0.15, 0.2) is 0 Å². The van der Waals surface area contributed by atoms with Crippen LogP contribution in [0.25, 0.3) is 11.3 Å². The van der Waals surface area contributed by atoms with E-state index in [-0.39, 0.29) is 17.2 Å². The Balaban J connectivity index is 2.25. The molecular formula is C15H12N2O. The van der Waals surface area contributed by atoms with Crippen molar-refractivity contribution >= 4 is 0 Å². The fourth-order valence-electron chi connectivity index (χ4n) is 2.18. The Morgan fingerprint density at radius 2 is 1.83 bits per heavy atom. The standard InChI is InChI=1S/C15H12N2O/c16-10-12-6-9-14(11-4-2-1-3-5-11)17(15(12)18)13-7-8-13/h1-6,9,13H,7-8H2. The average molecular weight is 236 g/mol. The predicted molar refractivity (Wildman–Crippen MR) is 69.1 cm³/mol. The van der Waals surface area contributed by atoms with Crippen LogP contribution in [0.1, 0.15) is 24.4 Å². The predicted octanol–water partition coefficient (Wildman–Crippen LogP) is 2.72. The minimum atomic E-state index is -0.165. The van der Waals surface area contributed by atoms with Crippen molar-refractivity contribution in [1.82, 2.24) is 4.57 Å². The number of rotatable bonds is 2. The molecule has 1 aliphatic carbocycles. The van der Waals surface area contributed by atoms with E-state index in [0.29, 0.717) is 0 Å². The Morgan fingerprint density at radius 3 is 2.44 bits per heavy atom. The van der Waals surface area contributed by atoms with Crippen LogP contribution in [-0.4, -0.2) is 4.57 Å². The summed E-state index contributed by atoms with van der Waals surface area (Å²) in [4.78, 5) is 12.2. The second kappa shape index (κ2) is 4.15. The first kappa shape index (κ1) is 10.8. The van der Waals surface area contributed by atoms with Crippen LogP contribution in [-0.2, 0) is 0 Å². The number of nitriles is 1. The van der Waals surface area contributed by atoms with Crippen molar-refractivity contribution in [2.24, 2.45) is 0 Å². The van der Waals surface area contributed by atoms with Crippen LogP contribution in [0, 0.1) is 11.3 Å². The van der Waals surface area contributed by atoms with Gasteiger partial charge in [-0.25, -0.2) is 0 Å². The second-order valence-electron chi connectivity index (χ2n) is 4.52. The Hall–Kier alpha value is -2.34. The van der Waals surface area contributed by atoms with Crippen LogP contribution >= 0.6 is 0 Å². The summed E-state index contributed by atoms with van der Waals surface area (Å²) < 4.78 is 1.77. The first-order valence-corrected chi connectivity index (χ1v) is 6.02. The monoisotopic (exact) mass is 236 g/mol. The van der Waals surface area contributed by atoms with Crippen LogP contribution in [0.15, 0.2) is 47.3 Å². The zero-order chi connectivity index (χ0) is 12.5. The minimum absolute atomic E-state index is 0.165. The fraction of sp³-hybridized carbons (Fsp3) is 0.200. The number of aromatic nitrogens is 1. The lowest BCUT2D eigenvalue weighted by Gasteiger charge is -2.12. The summed E-state index contributed by atoms with van der Waals surface area (Å²) in [7, 11) is 0. The van der Waals surface area contributed by atoms with Gasteiger partial charge >= 0.3 is 0 Å². The summed E-state index contributed by atoms with van der Waals surface area (Å²) in [6.45, 7) is 0. The van der Waals surface area contributed by atoms with E-state index in [0.717, 1.165) is 24.1 Å². The number of benzene rings is 1. The quantitative estimate of drug-likeness (QED) is 0.804. The van der Waals surface area contributed by atoms with Gasteiger partial charge in [-0.2, -0.15) is 5.26 Å². The van der Waals surface area contributed by atoms with E-state index < -0.39 is 0 Å². The van der Waals surface area contributed by atoms with E-state index in [1.807, 2.05) is 42.5 Å². The van der Waals surface area contributed by atoms with E-state index in [9.17, 15) is 4.79 Å². The van der Waals surface area contributed by atoms with Gasteiger partial charge in [-0.3, -0.25) is 4.79 Å². The van der Waals surface area contributed by atoms with Crippen LogP contribution < -0.4 is 5.56 Å². The van der Waals surface area contributed by atoms with Crippen molar-refractivity contribution in [3.8, 4) is 17.3 Å². The summed E-state index contributed by atoms with van der Waals surface area (Å²) in [5.74, 6) is 0. The molecule has 1 aromatic heterocycles. The molecule has 88 valence electrons. The highest BCUT2D eigenvalue weighted by molar-refractivity contribution is 5.60. The van der Waals surface area contributed by atoms with Crippen molar-refractivity contribution in [1.29, 1.82) is 5.26 Å². The SMILES string of the molecule is N#Cc1ccc(-c2ccccc2)n(C2CC2)c1=O. The van der Waals surface area contributed by atoms with Crippen LogP contribution in [0.2, 0.25) is 0 Å². The van der Waals surface area contributed by atoms with Crippen LogP contribution in [0.3, 0.4) is 0 Å². The second-order valence-corrected chi connectivity index (χ2v) is 4.52. The lowest BCUT2D eigenvalue weighted by molar-refractivity contribution is 0.713. The van der Waals surface area contributed by atoms with Crippen molar-refractivity contribution in [3.63, 3.8) is 0 Å². The molecule has 0 amide bonds. The van der Waals surface area contributed by atoms with Crippen LogP contribution in [0.4, 0.5) is 0 Å². The molecule has 1 fully saturated rings. The molecule has 0 saturated heterocycles. The molecule has 0 radical (unpaired) electrons. The molecule has 1 heterocycles. The van der Waals surface area contributed by atoms with Crippen molar-refractivity contribution in [2.75, 3.05) is 0 Å². The summed E-state index contributed by atoms with van der Waals surface area (Å²) in [6.07, 6.45) is 2.04. The molecule has 3 rings (SSSR count). The van der Waals surface area contributed by atoms with Gasteiger partial charge in [0, 0.05) is 6.04 Å². The molecule has 1 aliphatic rings. The number of hydrogen-bond donors (Lipinski definition) is 0. The van der Waals surface area contributed by atoms with Crippen molar-refractivity contribution in [2.45, 2.75) is 18.9 Å². The molecule has 18 heavy (non-hydrogen) atoms. The molecule has 0 atom stereocenters. The molecule has 2 aromatic rings. The van der Waals surface area contributed by atoms with Gasteiger partial charge in [0.05, 0.1) is 5.69 Å². The maximum Gasteiger partial charge on any atom is 0.269 e. The molecule has 0 bridgehead atoms. The zero-order valence-electron chi connectivity index (χ0n) is 9.84. The molecule has 0 N–H and O–H groups in total. The molecule has 0 spiro atoms. The van der Waals surface area contributed by atoms with E-state index in [1.165, 1.54) is 0 Å². The van der Waals surface area contributed by atoms with Gasteiger partial charge < -0.3 is 4.57 Å². The largest absolute Gasteiger partial charge is 0.304 e. The summed E-state index contributed by atoms with van der Waals surface area (Å²) >= 11 is 0. The molecule has 1 saturated carbocycles. The summed E-state index contributed by atoms with van der Waals surface area (Å²) in [5.41, 5.74) is 1.98. The highest BCUT2D eigenvalue weighted by atomic mass is 16.1. The number of pyridine rings is 1. The Labute approximate surface area is 105 Å². The van der Waals surface area contributed by atoms with Gasteiger partial charge in [-0.15, -0.1) is 0 Å². The van der Waals surface area contributed by atoms with Gasteiger partial charge in [0.1, 0.15) is 11.6 Å². The third-order valence-corrected chi connectivity index (χ3v) is 3.22. The Bertz CT molecular complexity index is 676. The topological polar surface area (TPSA) is 45.8 Å². The zero-order valence-corrected chi connectivity index (χ0v) is 9.84. The Kier molecular flexibility index (Phi) is 2.49. The molecule has 3 heteroatoms. The highest BCUT2D eigenvalue weighted by Gasteiger charge is 2.27. The first-order chi connectivity index (χ1) is 8.81. The number of nitrogens with zero attached hydrogens (tertiary/aromatic N) is 2. The van der Waals surface area contributed by atoms with Crippen LogP contribution in [0.5, 0.6) is 0 Å². The fourth-order valence-corrected chi connectivity index (χ4v) is 2.18. The average Bonchev–Trinajstić information content (AvgIpc) is 3.23. The maximum atomic E-state index is 12.2. The molecular weight excluding hydrogens is 224 g/mol. The Morgan fingerprint density at radius 1 is 1.11 bits per heavy atom. The number of hydrogen-bond acceptors (Lipinski definition) is 2. The summed E-state index contributed by atoms with van der Waals surface area (Å²) in [5, 5.41) is 8.94. The van der Waals surface area contributed by atoms with Gasteiger partial charge in [-0.1, -0.05) is 30.3 Å². The third-order valence-electron chi connectivity index (χ3n) is 3.22. The van der Waals surface area contributed by atoms with Gasteiger partial charge in [0.2, 0.25) is 0 Å². The normalized spacial score (nSPS) is 14.2. The maximum absolute atomic E-state index is 12.2. The molecule has 1 aromatic carbocycles. The van der Waals surface area contributed by atoms with E-state index in [1.54, 1.807) is 10.6 Å². The van der Waals surface area contributed by atoms with E-state index in [4.69, 9.17) is 5.26 Å². The van der Waals surface area contributed by atoms with Crippen molar-refractivity contribution in [3.05, 3.63) is 58.4 Å². The molecule has 0 aliphatic heterocycles. The van der Waals surface area contributed by atoms with Gasteiger partial charge in [0.25, 0.3) is 5.56 Å².